The number of hydrogen-bond acceptors (Lipinski definition) is 7. The van der Waals surface area contributed by atoms with Crippen LogP contribution in [0.5, 0.6) is 11.5 Å². The van der Waals surface area contributed by atoms with Crippen molar-refractivity contribution >= 4 is 12.0 Å². The maximum absolute atomic E-state index is 12.1. The van der Waals surface area contributed by atoms with E-state index in [0.717, 1.165) is 5.56 Å². The minimum Gasteiger partial charge on any atom is -0.503 e. The molecule has 1 aromatic rings. The van der Waals surface area contributed by atoms with Crippen LogP contribution in [0.25, 0.3) is 6.08 Å². The third-order valence-electron chi connectivity index (χ3n) is 5.51. The Morgan fingerprint density at radius 3 is 2.47 bits per heavy atom. The van der Waals surface area contributed by atoms with E-state index in [0.29, 0.717) is 29.4 Å². The second kappa shape index (κ2) is 11.3. The Kier molecular flexibility index (Phi) is 8.99. The summed E-state index contributed by atoms with van der Waals surface area (Å²) >= 11 is 0. The lowest BCUT2D eigenvalue weighted by Crippen LogP contribution is -2.49. The number of fused-ring (bicyclic) bond motifs is 1. The molecule has 0 radical (unpaired) electrons. The van der Waals surface area contributed by atoms with Gasteiger partial charge in [-0.1, -0.05) is 18.2 Å². The first-order valence-electron chi connectivity index (χ1n) is 11.0. The van der Waals surface area contributed by atoms with Crippen molar-refractivity contribution in [1.29, 1.82) is 0 Å². The van der Waals surface area contributed by atoms with Crippen molar-refractivity contribution < 1.29 is 33.2 Å². The molecule has 1 aromatic carbocycles. The lowest BCUT2D eigenvalue weighted by Gasteiger charge is -2.36. The topological polar surface area (TPSA) is 72.5 Å². The van der Waals surface area contributed by atoms with E-state index >= 15 is 0 Å². The fourth-order valence-electron chi connectivity index (χ4n) is 3.30. The van der Waals surface area contributed by atoms with Crippen LogP contribution in [0.15, 0.2) is 60.1 Å². The average molecular weight is 473 g/mol. The molecule has 0 saturated carbocycles. The van der Waals surface area contributed by atoms with Gasteiger partial charge in [0.05, 0.1) is 33.2 Å². The van der Waals surface area contributed by atoms with Crippen molar-refractivity contribution in [3.05, 3.63) is 65.7 Å². The van der Waals surface area contributed by atoms with Crippen LogP contribution in [0.4, 0.5) is 0 Å². The first-order chi connectivity index (χ1) is 16.0. The summed E-state index contributed by atoms with van der Waals surface area (Å²) in [6, 6.07) is 5.67. The van der Waals surface area contributed by atoms with Crippen LogP contribution in [-0.2, 0) is 23.7 Å². The van der Waals surface area contributed by atoms with E-state index < -0.39 is 17.2 Å². The second-order valence-corrected chi connectivity index (χ2v) is 8.92. The molecule has 0 fully saturated rings. The molecule has 2 rings (SSSR count). The lowest BCUT2D eigenvalue weighted by atomic mass is 10.00. The number of allylic oxidation sites excluding steroid dienone is 1. The minimum atomic E-state index is -0.636. The Morgan fingerprint density at radius 1 is 1.18 bits per heavy atom. The van der Waals surface area contributed by atoms with Gasteiger partial charge in [0.1, 0.15) is 29.6 Å². The van der Waals surface area contributed by atoms with E-state index in [-0.39, 0.29) is 11.7 Å². The van der Waals surface area contributed by atoms with E-state index in [1.165, 1.54) is 27.6 Å². The van der Waals surface area contributed by atoms with Crippen molar-refractivity contribution in [1.82, 2.24) is 0 Å². The van der Waals surface area contributed by atoms with Gasteiger partial charge >= 0.3 is 5.97 Å². The van der Waals surface area contributed by atoms with Gasteiger partial charge in [-0.25, -0.2) is 4.79 Å². The normalized spacial score (nSPS) is 18.6. The van der Waals surface area contributed by atoms with Crippen molar-refractivity contribution in [2.24, 2.45) is 0 Å². The lowest BCUT2D eigenvalue weighted by molar-refractivity contribution is -0.136. The van der Waals surface area contributed by atoms with E-state index in [9.17, 15) is 4.79 Å². The fourth-order valence-corrected chi connectivity index (χ4v) is 3.30. The summed E-state index contributed by atoms with van der Waals surface area (Å²) in [6.45, 7) is 13.8. The maximum atomic E-state index is 12.1. The number of methoxy groups -OCH3 is 3. The molecule has 186 valence electrons. The van der Waals surface area contributed by atoms with Crippen molar-refractivity contribution in [2.45, 2.75) is 51.9 Å². The van der Waals surface area contributed by atoms with Gasteiger partial charge in [-0.2, -0.15) is 0 Å². The predicted molar refractivity (Wildman–Crippen MR) is 132 cm³/mol. The Hall–Kier alpha value is -3.19. The van der Waals surface area contributed by atoms with Crippen LogP contribution in [0.2, 0.25) is 0 Å². The fraction of sp³-hybridized carbons (Fsp3) is 0.444. The summed E-state index contributed by atoms with van der Waals surface area (Å²) in [6.07, 6.45) is 6.42. The molecule has 1 atom stereocenters. The molecule has 0 amide bonds. The molecular formula is C27H36O7. The summed E-state index contributed by atoms with van der Waals surface area (Å²) in [4.78, 5) is 12.1. The van der Waals surface area contributed by atoms with Gasteiger partial charge in [-0.15, -0.1) is 6.58 Å². The number of ether oxygens (including phenoxy) is 6. The Labute approximate surface area is 202 Å². The van der Waals surface area contributed by atoms with E-state index in [2.05, 4.69) is 6.58 Å². The summed E-state index contributed by atoms with van der Waals surface area (Å²) in [5.74, 6) is 1.23. The average Bonchev–Trinajstić information content (AvgIpc) is 2.91. The van der Waals surface area contributed by atoms with Gasteiger partial charge in [0.25, 0.3) is 0 Å². The monoisotopic (exact) mass is 472 g/mol. The molecule has 1 aliphatic rings. The van der Waals surface area contributed by atoms with Crippen LogP contribution in [0, 0.1) is 0 Å². The molecular weight excluding hydrogens is 436 g/mol. The molecule has 7 nitrogen and oxygen atoms in total. The third kappa shape index (κ3) is 6.67. The van der Waals surface area contributed by atoms with Crippen LogP contribution in [0.1, 0.15) is 40.2 Å². The predicted octanol–water partition coefficient (Wildman–Crippen LogP) is 5.22. The number of rotatable bonds is 9. The number of carbonyl (C=O) groups is 1. The smallest absolute Gasteiger partial charge is 0.341 e. The number of benzene rings is 1. The van der Waals surface area contributed by atoms with E-state index in [4.69, 9.17) is 28.4 Å². The zero-order valence-corrected chi connectivity index (χ0v) is 21.4. The second-order valence-electron chi connectivity index (χ2n) is 8.92. The Bertz CT molecular complexity index is 983. The highest BCUT2D eigenvalue weighted by Gasteiger charge is 2.39. The molecule has 0 aliphatic carbocycles. The highest BCUT2D eigenvalue weighted by molar-refractivity contribution is 5.93. The molecule has 1 heterocycles. The summed E-state index contributed by atoms with van der Waals surface area (Å²) in [5, 5.41) is 0. The van der Waals surface area contributed by atoms with Crippen LogP contribution in [-0.4, -0.2) is 51.2 Å². The molecule has 1 aliphatic heterocycles. The van der Waals surface area contributed by atoms with Gasteiger partial charge in [0.2, 0.25) is 0 Å². The summed E-state index contributed by atoms with van der Waals surface area (Å²) < 4.78 is 33.9. The highest BCUT2D eigenvalue weighted by atomic mass is 16.6. The zero-order chi connectivity index (χ0) is 25.5. The molecule has 0 bridgehead atoms. The molecule has 1 unspecified atom stereocenters. The molecule has 0 aromatic heterocycles. The summed E-state index contributed by atoms with van der Waals surface area (Å²) in [7, 11) is 4.31. The number of hydrogen-bond donors (Lipinski definition) is 0. The Morgan fingerprint density at radius 2 is 1.88 bits per heavy atom. The zero-order valence-electron chi connectivity index (χ0n) is 21.4. The standard InChI is InChI=1S/C27H36O7/c1-10-26(3,4)34-24-17-32-22-14-12-19(15-23(22)33-27(24,5)6)11-13-21(30-8)18(2)20(16-29-7)25(28)31-9/h10-16,24H,1,17H2,2-9H3. The first-order valence-corrected chi connectivity index (χ1v) is 11.0. The van der Waals surface area contributed by atoms with Crippen LogP contribution in [0.3, 0.4) is 0 Å². The van der Waals surface area contributed by atoms with Crippen LogP contribution >= 0.6 is 0 Å². The SMILES string of the molecule is C=CC(C)(C)OC1COc2ccc(C=CC(OC)=C(C)C(=COC)C(=O)OC)cc2OC1(C)C. The number of esters is 1. The van der Waals surface area contributed by atoms with E-state index in [1.807, 2.05) is 52.0 Å². The first kappa shape index (κ1) is 27.1. The minimum absolute atomic E-state index is 0.264. The molecule has 34 heavy (non-hydrogen) atoms. The number of carbonyl (C=O) groups excluding carboxylic acids is 1. The maximum Gasteiger partial charge on any atom is 0.341 e. The summed E-state index contributed by atoms with van der Waals surface area (Å²) in [5.41, 5.74) is 0.553. The largest absolute Gasteiger partial charge is 0.503 e. The Balaban J connectivity index is 2.33. The van der Waals surface area contributed by atoms with Gasteiger partial charge in [-0.05, 0) is 58.4 Å². The molecule has 0 spiro atoms. The quantitative estimate of drug-likeness (QED) is 0.160. The molecule has 7 heteroatoms. The third-order valence-corrected chi connectivity index (χ3v) is 5.51. The van der Waals surface area contributed by atoms with Gasteiger partial charge in [0, 0.05) is 5.57 Å². The van der Waals surface area contributed by atoms with Crippen molar-refractivity contribution in [3.8, 4) is 11.5 Å². The van der Waals surface area contributed by atoms with Crippen LogP contribution < -0.4 is 9.47 Å². The van der Waals surface area contributed by atoms with E-state index in [1.54, 1.807) is 19.1 Å². The van der Waals surface area contributed by atoms with Gasteiger partial charge in [0.15, 0.2) is 11.5 Å². The van der Waals surface area contributed by atoms with Gasteiger partial charge in [-0.3, -0.25) is 0 Å². The van der Waals surface area contributed by atoms with Crippen molar-refractivity contribution in [2.75, 3.05) is 27.9 Å². The molecule has 0 N–H and O–H groups in total. The molecule has 0 saturated heterocycles. The van der Waals surface area contributed by atoms with Gasteiger partial charge < -0.3 is 28.4 Å². The highest BCUT2D eigenvalue weighted by Crippen LogP contribution is 2.37. The van der Waals surface area contributed by atoms with Crippen molar-refractivity contribution in [3.63, 3.8) is 0 Å².